The van der Waals surface area contributed by atoms with Gasteiger partial charge in [-0.3, -0.25) is 4.90 Å². The fourth-order valence-corrected chi connectivity index (χ4v) is 3.61. The lowest BCUT2D eigenvalue weighted by Gasteiger charge is -2.21. The minimum atomic E-state index is -4.78. The van der Waals surface area contributed by atoms with E-state index in [9.17, 15) is 22.7 Å². The first-order valence-electron chi connectivity index (χ1n) is 9.55. The molecule has 1 fully saturated rings. The Hall–Kier alpha value is -2.98. The molecule has 2 aromatic carbocycles. The molecule has 3 aromatic rings. The molecule has 2 unspecified atom stereocenters. The molecule has 6 nitrogen and oxygen atoms in total. The Morgan fingerprint density at radius 3 is 2.77 bits per heavy atom. The number of aryl methyl sites for hydroxylation is 1. The molecule has 0 aliphatic carbocycles. The fraction of sp³-hybridized carbons (Fsp3) is 0.333. The van der Waals surface area contributed by atoms with E-state index in [1.807, 2.05) is 4.90 Å². The Balaban J connectivity index is 1.53. The SMILES string of the molecule is Cc1ccc(-c2noc(C3CC(O)CN3Cc3cccc(OC(F)(F)F)c3)n2)cc1F. The van der Waals surface area contributed by atoms with E-state index in [-0.39, 0.29) is 36.4 Å². The third-order valence-electron chi connectivity index (χ3n) is 5.06. The summed E-state index contributed by atoms with van der Waals surface area (Å²) in [6, 6.07) is 9.83. The lowest BCUT2D eigenvalue weighted by atomic mass is 10.1. The number of hydrogen-bond donors (Lipinski definition) is 1. The van der Waals surface area contributed by atoms with Gasteiger partial charge in [0.1, 0.15) is 11.6 Å². The van der Waals surface area contributed by atoms with Crippen LogP contribution in [0.2, 0.25) is 0 Å². The van der Waals surface area contributed by atoms with E-state index in [4.69, 9.17) is 4.52 Å². The lowest BCUT2D eigenvalue weighted by molar-refractivity contribution is -0.274. The van der Waals surface area contributed by atoms with Crippen molar-refractivity contribution in [2.75, 3.05) is 6.54 Å². The van der Waals surface area contributed by atoms with Crippen LogP contribution in [0.4, 0.5) is 17.6 Å². The fourth-order valence-electron chi connectivity index (χ4n) is 3.61. The number of benzene rings is 2. The summed E-state index contributed by atoms with van der Waals surface area (Å²) in [5.41, 5.74) is 1.52. The first kappa shape index (κ1) is 21.3. The summed E-state index contributed by atoms with van der Waals surface area (Å²) in [5, 5.41) is 14.1. The molecule has 1 aromatic heterocycles. The maximum absolute atomic E-state index is 13.9. The van der Waals surface area contributed by atoms with Crippen molar-refractivity contribution >= 4 is 0 Å². The highest BCUT2D eigenvalue weighted by molar-refractivity contribution is 5.55. The van der Waals surface area contributed by atoms with E-state index in [0.717, 1.165) is 0 Å². The maximum Gasteiger partial charge on any atom is 0.573 e. The number of β-amino-alcohol motifs (C(OH)–C–C–N with tert-alkyl or cyclic N) is 1. The third kappa shape index (κ3) is 5.02. The number of nitrogens with zero attached hydrogens (tertiary/aromatic N) is 3. The summed E-state index contributed by atoms with van der Waals surface area (Å²) in [7, 11) is 0. The minimum Gasteiger partial charge on any atom is -0.406 e. The van der Waals surface area contributed by atoms with Crippen LogP contribution in [0.3, 0.4) is 0 Å². The van der Waals surface area contributed by atoms with Crippen LogP contribution in [0.15, 0.2) is 47.0 Å². The van der Waals surface area contributed by atoms with Gasteiger partial charge in [-0.05, 0) is 42.7 Å². The molecule has 4 rings (SSSR count). The van der Waals surface area contributed by atoms with Crippen LogP contribution in [-0.4, -0.2) is 39.2 Å². The number of ether oxygens (including phenoxy) is 1. The van der Waals surface area contributed by atoms with Gasteiger partial charge in [0.05, 0.1) is 12.1 Å². The van der Waals surface area contributed by atoms with Crippen molar-refractivity contribution in [2.45, 2.75) is 38.4 Å². The Bertz CT molecular complexity index is 1070. The van der Waals surface area contributed by atoms with Gasteiger partial charge in [0.15, 0.2) is 0 Å². The molecule has 1 aliphatic rings. The summed E-state index contributed by atoms with van der Waals surface area (Å²) in [5.74, 6) is -0.239. The highest BCUT2D eigenvalue weighted by atomic mass is 19.4. The van der Waals surface area contributed by atoms with E-state index in [1.165, 1.54) is 24.3 Å². The highest BCUT2D eigenvalue weighted by Gasteiger charge is 2.36. The van der Waals surface area contributed by atoms with Crippen LogP contribution in [0.1, 0.15) is 29.5 Å². The molecular weight excluding hydrogens is 418 g/mol. The highest BCUT2D eigenvalue weighted by Crippen LogP contribution is 2.34. The smallest absolute Gasteiger partial charge is 0.406 e. The molecule has 2 heterocycles. The van der Waals surface area contributed by atoms with Gasteiger partial charge in [-0.2, -0.15) is 4.98 Å². The van der Waals surface area contributed by atoms with Crippen LogP contribution in [0.5, 0.6) is 5.75 Å². The van der Waals surface area contributed by atoms with Crippen LogP contribution < -0.4 is 4.74 Å². The van der Waals surface area contributed by atoms with Crippen LogP contribution in [-0.2, 0) is 6.54 Å². The predicted molar refractivity (Wildman–Crippen MR) is 101 cm³/mol. The molecule has 0 radical (unpaired) electrons. The molecule has 1 N–H and O–H groups in total. The Morgan fingerprint density at radius 1 is 1.23 bits per heavy atom. The topological polar surface area (TPSA) is 71.6 Å². The molecule has 0 spiro atoms. The molecule has 1 aliphatic heterocycles. The molecule has 0 amide bonds. The van der Waals surface area contributed by atoms with Crippen LogP contribution in [0.25, 0.3) is 11.4 Å². The van der Waals surface area contributed by atoms with Gasteiger partial charge >= 0.3 is 6.36 Å². The number of aliphatic hydroxyl groups excluding tert-OH is 1. The Morgan fingerprint density at radius 2 is 2.03 bits per heavy atom. The Labute approximate surface area is 175 Å². The average Bonchev–Trinajstić information content (AvgIpc) is 3.29. The molecule has 164 valence electrons. The van der Waals surface area contributed by atoms with Crippen molar-refractivity contribution in [1.82, 2.24) is 15.0 Å². The van der Waals surface area contributed by atoms with E-state index >= 15 is 0 Å². The monoisotopic (exact) mass is 437 g/mol. The zero-order valence-electron chi connectivity index (χ0n) is 16.4. The number of rotatable bonds is 5. The number of hydrogen-bond acceptors (Lipinski definition) is 6. The van der Waals surface area contributed by atoms with Gasteiger partial charge < -0.3 is 14.4 Å². The largest absolute Gasteiger partial charge is 0.573 e. The first-order valence-corrected chi connectivity index (χ1v) is 9.55. The van der Waals surface area contributed by atoms with Gasteiger partial charge in [-0.1, -0.05) is 29.4 Å². The standard InChI is InChI=1S/C21H19F4N3O3/c1-12-5-6-14(8-17(12)22)19-26-20(31-27-19)18-9-15(29)11-28(18)10-13-3-2-4-16(7-13)30-21(23,24)25/h2-8,15,18,29H,9-11H2,1H3. The predicted octanol–water partition coefficient (Wildman–Crippen LogP) is 4.39. The minimum absolute atomic E-state index is 0.218. The van der Waals surface area contributed by atoms with E-state index in [1.54, 1.807) is 25.1 Å². The van der Waals surface area contributed by atoms with E-state index < -0.39 is 18.5 Å². The zero-order valence-corrected chi connectivity index (χ0v) is 16.4. The second kappa shape index (κ2) is 8.27. The normalized spacial score (nSPS) is 19.7. The van der Waals surface area contributed by atoms with Crippen molar-refractivity contribution < 1.29 is 31.9 Å². The first-order chi connectivity index (χ1) is 14.7. The maximum atomic E-state index is 13.9. The van der Waals surface area contributed by atoms with Crippen molar-refractivity contribution in [2.24, 2.45) is 0 Å². The second-order valence-electron chi connectivity index (χ2n) is 7.45. The van der Waals surface area contributed by atoms with Gasteiger partial charge in [0.25, 0.3) is 0 Å². The van der Waals surface area contributed by atoms with E-state index in [0.29, 0.717) is 23.1 Å². The number of likely N-dealkylation sites (tertiary alicyclic amines) is 1. The van der Waals surface area contributed by atoms with Crippen molar-refractivity contribution in [3.8, 4) is 17.1 Å². The molecule has 2 atom stereocenters. The number of halogens is 4. The molecule has 31 heavy (non-hydrogen) atoms. The third-order valence-corrected chi connectivity index (χ3v) is 5.06. The number of aliphatic hydroxyl groups is 1. The molecular formula is C21H19F4N3O3. The van der Waals surface area contributed by atoms with E-state index in [2.05, 4.69) is 14.9 Å². The van der Waals surface area contributed by atoms with Gasteiger partial charge in [0.2, 0.25) is 11.7 Å². The number of aromatic nitrogens is 2. The average molecular weight is 437 g/mol. The van der Waals surface area contributed by atoms with Gasteiger partial charge in [0, 0.05) is 18.7 Å². The van der Waals surface area contributed by atoms with Crippen LogP contribution in [0, 0.1) is 12.7 Å². The summed E-state index contributed by atoms with van der Waals surface area (Å²) < 4.78 is 60.7. The number of alkyl halides is 3. The molecule has 10 heteroatoms. The summed E-state index contributed by atoms with van der Waals surface area (Å²) >= 11 is 0. The molecule has 0 bridgehead atoms. The van der Waals surface area contributed by atoms with Crippen molar-refractivity contribution in [3.63, 3.8) is 0 Å². The zero-order chi connectivity index (χ0) is 22.2. The van der Waals surface area contributed by atoms with Gasteiger partial charge in [-0.15, -0.1) is 13.2 Å². The molecule has 1 saturated heterocycles. The van der Waals surface area contributed by atoms with Crippen molar-refractivity contribution in [1.29, 1.82) is 0 Å². The summed E-state index contributed by atoms with van der Waals surface area (Å²) in [4.78, 5) is 6.19. The Kier molecular flexibility index (Phi) is 5.67. The summed E-state index contributed by atoms with van der Waals surface area (Å²) in [6.45, 7) is 2.17. The quantitative estimate of drug-likeness (QED) is 0.597. The second-order valence-corrected chi connectivity index (χ2v) is 7.45. The summed E-state index contributed by atoms with van der Waals surface area (Å²) in [6.07, 6.45) is -5.12. The molecule has 0 saturated carbocycles. The van der Waals surface area contributed by atoms with Crippen molar-refractivity contribution in [3.05, 3.63) is 65.3 Å². The van der Waals surface area contributed by atoms with Gasteiger partial charge in [-0.25, -0.2) is 4.39 Å². The van der Waals surface area contributed by atoms with Crippen LogP contribution >= 0.6 is 0 Å². The lowest BCUT2D eigenvalue weighted by Crippen LogP contribution is -2.24.